The predicted octanol–water partition coefficient (Wildman–Crippen LogP) is 8.05. The molecule has 2 aromatic heterocycles. The lowest BCUT2D eigenvalue weighted by molar-refractivity contribution is 0.0222. The molecule has 0 unspecified atom stereocenters. The van der Waals surface area contributed by atoms with Gasteiger partial charge in [0.25, 0.3) is 0 Å². The Labute approximate surface area is 279 Å². The fourth-order valence-electron chi connectivity index (χ4n) is 4.91. The molecule has 2 N–H and O–H groups in total. The molecule has 0 saturated carbocycles. The molecule has 0 spiro atoms. The summed E-state index contributed by atoms with van der Waals surface area (Å²) in [6, 6.07) is 7.71. The van der Waals surface area contributed by atoms with E-state index in [1.54, 1.807) is 45.7 Å². The normalized spacial score (nSPS) is 18.7. The molecule has 1 aromatic carbocycles. The van der Waals surface area contributed by atoms with Crippen LogP contribution in [0.25, 0.3) is 22.4 Å². The largest absolute Gasteiger partial charge is 0.444 e. The van der Waals surface area contributed by atoms with Crippen molar-refractivity contribution in [2.24, 2.45) is 0 Å². The average molecular weight is 663 g/mol. The van der Waals surface area contributed by atoms with E-state index in [-0.39, 0.29) is 24.3 Å². The lowest BCUT2D eigenvalue weighted by Crippen LogP contribution is -2.37. The maximum atomic E-state index is 12.7. The molecule has 0 aliphatic carbocycles. The summed E-state index contributed by atoms with van der Waals surface area (Å²) in [6.07, 6.45) is 6.70. The minimum atomic E-state index is -0.560. The Hall–Kier alpha value is -3.90. The van der Waals surface area contributed by atoms with Gasteiger partial charge >= 0.3 is 12.2 Å². The molecular weight excluding hydrogens is 621 g/mol. The van der Waals surface area contributed by atoms with Gasteiger partial charge in [-0.25, -0.2) is 19.6 Å². The Morgan fingerprint density at radius 3 is 1.85 bits per heavy atom. The topological polar surface area (TPSA) is 116 Å². The molecule has 2 aliphatic rings. The van der Waals surface area contributed by atoms with Crippen LogP contribution in [0.4, 0.5) is 9.59 Å². The lowest BCUT2D eigenvalue weighted by atomic mass is 10.0. The van der Waals surface area contributed by atoms with E-state index in [0.717, 1.165) is 51.0 Å². The van der Waals surface area contributed by atoms with Crippen LogP contribution in [-0.4, -0.2) is 76.4 Å². The Balaban J connectivity index is 1.19. The standard InChI is InChI=1S/C34H42N6O4S2/c1-21(9-10-22(2)25-15-35-29(37-25)27-17-45-19-39(27)31(41)43-33(3,4)5)23-11-13-24(14-12-23)26-16-36-30(38-26)28-18-46-20-40(28)32(42)44-34(6,7)8/h9-16,27-28H,1-2,17-20H2,3-8H3,(H,35,37)(H,36,38)/b10-9-/t27-,28-/m0/s1. The molecule has 12 heteroatoms. The SMILES string of the molecule is C=C(/C=C\C(=C)c1cnc([C@@H]2CSCN2C(=O)OC(C)(C)C)[nH]1)c1ccc(-c2cnc([C@@H]3CSCN3C(=O)OC(C)(C)C)[nH]2)cc1. The van der Waals surface area contributed by atoms with Gasteiger partial charge in [0.05, 0.1) is 35.5 Å². The maximum absolute atomic E-state index is 12.7. The summed E-state index contributed by atoms with van der Waals surface area (Å²) in [5.41, 5.74) is 4.06. The molecule has 244 valence electrons. The molecular formula is C34H42N6O4S2. The van der Waals surface area contributed by atoms with Gasteiger partial charge < -0.3 is 19.4 Å². The van der Waals surface area contributed by atoms with Crippen LogP contribution in [0.15, 0.2) is 62.0 Å². The van der Waals surface area contributed by atoms with Crippen molar-refractivity contribution in [3.63, 3.8) is 0 Å². The van der Waals surface area contributed by atoms with Crippen molar-refractivity contribution in [2.45, 2.75) is 64.8 Å². The van der Waals surface area contributed by atoms with Crippen LogP contribution in [0.3, 0.4) is 0 Å². The van der Waals surface area contributed by atoms with E-state index in [0.29, 0.717) is 17.6 Å². The van der Waals surface area contributed by atoms with Gasteiger partial charge in [-0.05, 0) is 63.8 Å². The number of nitrogens with one attached hydrogen (secondary N) is 2. The minimum absolute atomic E-state index is 0.169. The Kier molecular flexibility index (Phi) is 9.78. The number of carbonyl (C=O) groups is 2. The zero-order chi connectivity index (χ0) is 33.2. The van der Waals surface area contributed by atoms with Crippen molar-refractivity contribution in [3.05, 3.63) is 84.9 Å². The second-order valence-electron chi connectivity index (χ2n) is 13.3. The summed E-state index contributed by atoms with van der Waals surface area (Å²) < 4.78 is 11.2. The highest BCUT2D eigenvalue weighted by Crippen LogP contribution is 2.35. The number of carbonyl (C=O) groups excluding carboxylic acids is 2. The van der Waals surface area contributed by atoms with Crippen molar-refractivity contribution in [1.82, 2.24) is 29.7 Å². The van der Waals surface area contributed by atoms with Gasteiger partial charge in [0.1, 0.15) is 34.9 Å². The van der Waals surface area contributed by atoms with Gasteiger partial charge in [-0.3, -0.25) is 9.80 Å². The van der Waals surface area contributed by atoms with E-state index in [9.17, 15) is 9.59 Å². The number of rotatable bonds is 7. The molecule has 5 rings (SSSR count). The van der Waals surface area contributed by atoms with Crippen LogP contribution < -0.4 is 0 Å². The first kappa shape index (κ1) is 33.5. The second-order valence-corrected chi connectivity index (χ2v) is 15.3. The van der Waals surface area contributed by atoms with Crippen molar-refractivity contribution < 1.29 is 19.1 Å². The molecule has 2 amide bonds. The summed E-state index contributed by atoms with van der Waals surface area (Å²) in [6.45, 7) is 19.6. The van der Waals surface area contributed by atoms with Crippen LogP contribution in [0.2, 0.25) is 0 Å². The van der Waals surface area contributed by atoms with Crippen molar-refractivity contribution >= 4 is 46.9 Å². The van der Waals surface area contributed by atoms with E-state index in [4.69, 9.17) is 9.47 Å². The predicted molar refractivity (Wildman–Crippen MR) is 186 cm³/mol. The minimum Gasteiger partial charge on any atom is -0.444 e. The number of hydrogen-bond acceptors (Lipinski definition) is 8. The third kappa shape index (κ3) is 8.08. The lowest BCUT2D eigenvalue weighted by Gasteiger charge is -2.27. The fraction of sp³-hybridized carbons (Fsp3) is 0.412. The smallest absolute Gasteiger partial charge is 0.411 e. The fourth-order valence-corrected chi connectivity index (χ4v) is 7.21. The second kappa shape index (κ2) is 13.4. The van der Waals surface area contributed by atoms with Crippen LogP contribution in [-0.2, 0) is 9.47 Å². The molecule has 2 fully saturated rings. The number of ether oxygens (including phenoxy) is 2. The van der Waals surface area contributed by atoms with Gasteiger partial charge in [-0.2, -0.15) is 0 Å². The van der Waals surface area contributed by atoms with E-state index in [2.05, 4.69) is 33.1 Å². The van der Waals surface area contributed by atoms with E-state index in [1.807, 2.05) is 78.0 Å². The number of H-pyrrole nitrogens is 2. The number of thioether (sulfide) groups is 2. The molecule has 2 aliphatic heterocycles. The third-order valence-corrected chi connectivity index (χ3v) is 9.27. The number of nitrogens with zero attached hydrogens (tertiary/aromatic N) is 4. The third-order valence-electron chi connectivity index (χ3n) is 7.24. The highest BCUT2D eigenvalue weighted by atomic mass is 32.2. The molecule has 0 radical (unpaired) electrons. The Bertz CT molecular complexity index is 1630. The highest BCUT2D eigenvalue weighted by molar-refractivity contribution is 7.99. The van der Waals surface area contributed by atoms with Crippen LogP contribution in [0, 0.1) is 0 Å². The van der Waals surface area contributed by atoms with Gasteiger partial charge in [-0.15, -0.1) is 23.5 Å². The van der Waals surface area contributed by atoms with Crippen LogP contribution in [0.1, 0.15) is 76.5 Å². The van der Waals surface area contributed by atoms with E-state index < -0.39 is 11.2 Å². The van der Waals surface area contributed by atoms with Crippen LogP contribution >= 0.6 is 23.5 Å². The number of imidazole rings is 2. The summed E-state index contributed by atoms with van der Waals surface area (Å²) in [5.74, 6) is 4.08. The summed E-state index contributed by atoms with van der Waals surface area (Å²) >= 11 is 3.35. The number of hydrogen-bond donors (Lipinski definition) is 2. The molecule has 2 saturated heterocycles. The van der Waals surface area contributed by atoms with Crippen molar-refractivity contribution in [2.75, 3.05) is 23.3 Å². The first-order valence-corrected chi connectivity index (χ1v) is 17.4. The molecule has 4 heterocycles. The molecule has 2 atom stereocenters. The Morgan fingerprint density at radius 1 is 0.804 bits per heavy atom. The summed E-state index contributed by atoms with van der Waals surface area (Å²) in [4.78, 5) is 44.8. The van der Waals surface area contributed by atoms with Gasteiger partial charge in [-0.1, -0.05) is 49.6 Å². The van der Waals surface area contributed by atoms with Crippen LogP contribution in [0.5, 0.6) is 0 Å². The van der Waals surface area contributed by atoms with Gasteiger partial charge in [0.2, 0.25) is 0 Å². The number of benzene rings is 1. The van der Waals surface area contributed by atoms with Gasteiger partial charge in [0, 0.05) is 11.5 Å². The molecule has 10 nitrogen and oxygen atoms in total. The first-order valence-electron chi connectivity index (χ1n) is 15.1. The van der Waals surface area contributed by atoms with E-state index in [1.165, 1.54) is 0 Å². The number of amides is 2. The molecule has 0 bridgehead atoms. The number of aromatic amines is 2. The maximum Gasteiger partial charge on any atom is 0.411 e. The zero-order valence-corrected chi connectivity index (χ0v) is 28.9. The molecule has 3 aromatic rings. The quantitative estimate of drug-likeness (QED) is 0.244. The van der Waals surface area contributed by atoms with Gasteiger partial charge in [0.15, 0.2) is 0 Å². The van der Waals surface area contributed by atoms with Crippen molar-refractivity contribution in [3.8, 4) is 11.3 Å². The molecule has 46 heavy (non-hydrogen) atoms. The van der Waals surface area contributed by atoms with E-state index >= 15 is 0 Å². The number of aromatic nitrogens is 4. The average Bonchev–Trinajstić information content (AvgIpc) is 3.79. The zero-order valence-electron chi connectivity index (χ0n) is 27.3. The highest BCUT2D eigenvalue weighted by Gasteiger charge is 2.36. The van der Waals surface area contributed by atoms with Crippen molar-refractivity contribution in [1.29, 1.82) is 0 Å². The summed E-state index contributed by atoms with van der Waals surface area (Å²) in [7, 11) is 0. The monoisotopic (exact) mass is 662 g/mol. The number of allylic oxidation sites excluding steroid dienone is 4. The summed E-state index contributed by atoms with van der Waals surface area (Å²) in [5, 5.41) is 0. The Morgan fingerprint density at radius 2 is 1.30 bits per heavy atom. The first-order chi connectivity index (χ1) is 21.7.